The summed E-state index contributed by atoms with van der Waals surface area (Å²) in [6.07, 6.45) is 36.6. The summed E-state index contributed by atoms with van der Waals surface area (Å²) >= 11 is 0. The highest BCUT2D eigenvalue weighted by atomic mass is 15.1. The summed E-state index contributed by atoms with van der Waals surface area (Å²) in [5.74, 6) is 1.28. The molecule has 2 nitrogen and oxygen atoms in total. The molecule has 0 bridgehead atoms. The third-order valence-corrected chi connectivity index (χ3v) is 7.15. The average Bonchev–Trinajstić information content (AvgIpc) is 3.29. The van der Waals surface area contributed by atoms with Gasteiger partial charge in [0.05, 0.1) is 5.41 Å². The predicted octanol–water partition coefficient (Wildman–Crippen LogP) is 9.48. The first kappa shape index (κ1) is 25.9. The fourth-order valence-corrected chi connectivity index (χ4v) is 5.22. The average molecular weight is 427 g/mol. The molecule has 0 saturated carbocycles. The molecule has 0 amide bonds. The van der Waals surface area contributed by atoms with Gasteiger partial charge >= 0.3 is 0 Å². The van der Waals surface area contributed by atoms with Crippen LogP contribution in [-0.4, -0.2) is 9.55 Å². The van der Waals surface area contributed by atoms with E-state index in [2.05, 4.69) is 55.8 Å². The third-order valence-electron chi connectivity index (χ3n) is 7.15. The van der Waals surface area contributed by atoms with Crippen molar-refractivity contribution in [3.05, 3.63) is 42.5 Å². The van der Waals surface area contributed by atoms with Crippen LogP contribution >= 0.6 is 0 Å². The second-order valence-electron chi connectivity index (χ2n) is 9.94. The molecule has 176 valence electrons. The Labute approximate surface area is 193 Å². The SMILES string of the molecule is CCCCCCCCCCCCCCCC(C)n1ccnc1C1(CCC)C=CC=CC1. The van der Waals surface area contributed by atoms with Crippen LogP contribution in [0.3, 0.4) is 0 Å². The van der Waals surface area contributed by atoms with Crippen molar-refractivity contribution in [2.45, 2.75) is 141 Å². The van der Waals surface area contributed by atoms with Crippen molar-refractivity contribution < 1.29 is 0 Å². The van der Waals surface area contributed by atoms with Gasteiger partial charge in [-0.3, -0.25) is 0 Å². The molecule has 0 N–H and O–H groups in total. The molecule has 2 rings (SSSR count). The van der Waals surface area contributed by atoms with Crippen LogP contribution in [0.25, 0.3) is 0 Å². The molecule has 0 radical (unpaired) electrons. The quantitative estimate of drug-likeness (QED) is 0.214. The largest absolute Gasteiger partial charge is 0.331 e. The third kappa shape index (κ3) is 8.99. The van der Waals surface area contributed by atoms with E-state index in [1.807, 2.05) is 6.20 Å². The van der Waals surface area contributed by atoms with Crippen molar-refractivity contribution >= 4 is 0 Å². The van der Waals surface area contributed by atoms with Crippen LogP contribution in [-0.2, 0) is 5.41 Å². The fourth-order valence-electron chi connectivity index (χ4n) is 5.22. The van der Waals surface area contributed by atoms with Crippen LogP contribution in [0.1, 0.15) is 142 Å². The lowest BCUT2D eigenvalue weighted by Gasteiger charge is -2.32. The van der Waals surface area contributed by atoms with E-state index in [4.69, 9.17) is 4.98 Å². The highest BCUT2D eigenvalue weighted by Gasteiger charge is 2.33. The zero-order chi connectivity index (χ0) is 22.2. The van der Waals surface area contributed by atoms with Crippen LogP contribution in [0.5, 0.6) is 0 Å². The van der Waals surface area contributed by atoms with Gasteiger partial charge in [0.25, 0.3) is 0 Å². The fraction of sp³-hybridized carbons (Fsp3) is 0.759. The van der Waals surface area contributed by atoms with Crippen LogP contribution < -0.4 is 0 Å². The summed E-state index contributed by atoms with van der Waals surface area (Å²) in [4.78, 5) is 4.84. The van der Waals surface area contributed by atoms with Gasteiger partial charge in [0.1, 0.15) is 5.82 Å². The number of imidazole rings is 1. The molecule has 0 aliphatic heterocycles. The first-order chi connectivity index (χ1) is 15.2. The van der Waals surface area contributed by atoms with Crippen LogP contribution in [0.4, 0.5) is 0 Å². The summed E-state index contributed by atoms with van der Waals surface area (Å²) < 4.78 is 2.47. The molecule has 2 heteroatoms. The van der Waals surface area contributed by atoms with E-state index in [1.54, 1.807) is 0 Å². The Hall–Kier alpha value is -1.31. The van der Waals surface area contributed by atoms with Gasteiger partial charge in [-0.05, 0) is 26.2 Å². The van der Waals surface area contributed by atoms with Gasteiger partial charge in [0.2, 0.25) is 0 Å². The minimum absolute atomic E-state index is 0.0945. The topological polar surface area (TPSA) is 17.8 Å². The van der Waals surface area contributed by atoms with Crippen molar-refractivity contribution in [1.82, 2.24) is 9.55 Å². The lowest BCUT2D eigenvalue weighted by Crippen LogP contribution is -2.29. The van der Waals surface area contributed by atoms with Crippen molar-refractivity contribution in [3.63, 3.8) is 0 Å². The van der Waals surface area contributed by atoms with E-state index < -0.39 is 0 Å². The number of allylic oxidation sites excluding steroid dienone is 4. The second-order valence-corrected chi connectivity index (χ2v) is 9.94. The Morgan fingerprint density at radius 3 is 2.00 bits per heavy atom. The number of hydrogen-bond acceptors (Lipinski definition) is 1. The molecular formula is C29H50N2. The molecular weight excluding hydrogens is 376 g/mol. The molecule has 2 unspecified atom stereocenters. The molecule has 0 saturated heterocycles. The molecule has 1 aliphatic rings. The number of nitrogens with zero attached hydrogens (tertiary/aromatic N) is 2. The molecule has 1 aliphatic carbocycles. The molecule has 1 aromatic heterocycles. The highest BCUT2D eigenvalue weighted by molar-refractivity contribution is 5.28. The van der Waals surface area contributed by atoms with Crippen molar-refractivity contribution in [3.8, 4) is 0 Å². The zero-order valence-electron chi connectivity index (χ0n) is 21.0. The first-order valence-electron chi connectivity index (χ1n) is 13.6. The van der Waals surface area contributed by atoms with Crippen molar-refractivity contribution in [2.24, 2.45) is 0 Å². The van der Waals surface area contributed by atoms with Gasteiger partial charge in [-0.2, -0.15) is 0 Å². The monoisotopic (exact) mass is 426 g/mol. The summed E-state index contributed by atoms with van der Waals surface area (Å²) in [6.45, 7) is 6.97. The lowest BCUT2D eigenvalue weighted by atomic mass is 9.77. The van der Waals surface area contributed by atoms with Crippen molar-refractivity contribution in [1.29, 1.82) is 0 Å². The molecule has 1 aromatic rings. The Morgan fingerprint density at radius 2 is 1.45 bits per heavy atom. The molecule has 1 heterocycles. The summed E-state index contributed by atoms with van der Waals surface area (Å²) in [7, 11) is 0. The van der Waals surface area contributed by atoms with E-state index in [0.29, 0.717) is 6.04 Å². The second kappa shape index (κ2) is 15.5. The maximum Gasteiger partial charge on any atom is 0.119 e. The van der Waals surface area contributed by atoms with E-state index in [-0.39, 0.29) is 5.41 Å². The zero-order valence-corrected chi connectivity index (χ0v) is 21.0. The van der Waals surface area contributed by atoms with Crippen LogP contribution in [0, 0.1) is 0 Å². The Morgan fingerprint density at radius 1 is 0.839 bits per heavy atom. The number of hydrogen-bond donors (Lipinski definition) is 0. The predicted molar refractivity (Wildman–Crippen MR) is 137 cm³/mol. The maximum absolute atomic E-state index is 4.84. The van der Waals surface area contributed by atoms with E-state index in [0.717, 1.165) is 6.42 Å². The van der Waals surface area contributed by atoms with Crippen LogP contribution in [0.2, 0.25) is 0 Å². The molecule has 0 fully saturated rings. The lowest BCUT2D eigenvalue weighted by molar-refractivity contribution is 0.390. The minimum atomic E-state index is 0.0945. The van der Waals surface area contributed by atoms with E-state index in [1.165, 1.54) is 109 Å². The molecule has 0 spiro atoms. The van der Waals surface area contributed by atoms with Gasteiger partial charge < -0.3 is 4.57 Å². The van der Waals surface area contributed by atoms with E-state index in [9.17, 15) is 0 Å². The minimum Gasteiger partial charge on any atom is -0.331 e. The number of rotatable bonds is 18. The normalized spacial score (nSPS) is 19.2. The first-order valence-corrected chi connectivity index (χ1v) is 13.6. The van der Waals surface area contributed by atoms with Crippen molar-refractivity contribution in [2.75, 3.05) is 0 Å². The van der Waals surface area contributed by atoms with Gasteiger partial charge in [0, 0.05) is 18.4 Å². The summed E-state index contributed by atoms with van der Waals surface area (Å²) in [5, 5.41) is 0. The number of aromatic nitrogens is 2. The van der Waals surface area contributed by atoms with E-state index >= 15 is 0 Å². The van der Waals surface area contributed by atoms with Gasteiger partial charge in [-0.15, -0.1) is 0 Å². The Kier molecular flexibility index (Phi) is 13.0. The van der Waals surface area contributed by atoms with Gasteiger partial charge in [0.15, 0.2) is 0 Å². The molecule has 2 atom stereocenters. The van der Waals surface area contributed by atoms with Gasteiger partial charge in [-0.25, -0.2) is 4.98 Å². The summed E-state index contributed by atoms with van der Waals surface area (Å²) in [5.41, 5.74) is 0.0945. The maximum atomic E-state index is 4.84. The number of unbranched alkanes of at least 4 members (excludes halogenated alkanes) is 12. The summed E-state index contributed by atoms with van der Waals surface area (Å²) in [6, 6.07) is 0.540. The smallest absolute Gasteiger partial charge is 0.119 e. The Bertz CT molecular complexity index is 626. The molecule has 31 heavy (non-hydrogen) atoms. The molecule has 0 aromatic carbocycles. The van der Waals surface area contributed by atoms with Crippen LogP contribution in [0.15, 0.2) is 36.7 Å². The highest BCUT2D eigenvalue weighted by Crippen LogP contribution is 2.37. The standard InChI is InChI=1S/C29H50N2/c1-4-6-7-8-9-10-11-12-13-14-15-16-18-21-27(3)31-26-25-30-28(31)29(22-5-2)23-19-17-20-24-29/h17,19-20,23,25-27H,4-16,18,21-22,24H2,1-3H3. The Balaban J connectivity index is 1.61. The van der Waals surface area contributed by atoms with Gasteiger partial charge in [-0.1, -0.05) is 128 Å².